The van der Waals surface area contributed by atoms with Crippen LogP contribution in [-0.2, 0) is 6.18 Å². The average Bonchev–Trinajstić information content (AvgIpc) is 2.78. The van der Waals surface area contributed by atoms with Crippen molar-refractivity contribution in [2.45, 2.75) is 26.4 Å². The standard InChI is InChI=1S/C26H26F3N3O2/c1-18-8-5-11-21(16-18)31-25(34)30-14-7-15-32(24(33)23-13-4-3-9-19(23)2)22-12-6-10-20(17-22)26(27,28)29/h3-6,8-13,16-17H,7,14-15H2,1-2H3,(H2,30,31,34). The summed E-state index contributed by atoms with van der Waals surface area (Å²) in [5, 5.41) is 5.44. The van der Waals surface area contributed by atoms with Gasteiger partial charge in [0.2, 0.25) is 0 Å². The normalized spacial score (nSPS) is 11.1. The van der Waals surface area contributed by atoms with Gasteiger partial charge in [0, 0.05) is 30.0 Å². The number of carbonyl (C=O) groups excluding carboxylic acids is 2. The van der Waals surface area contributed by atoms with Crippen molar-refractivity contribution in [1.82, 2.24) is 5.32 Å². The van der Waals surface area contributed by atoms with Crippen LogP contribution in [0.1, 0.15) is 33.5 Å². The minimum atomic E-state index is -4.52. The van der Waals surface area contributed by atoms with Gasteiger partial charge in [-0.25, -0.2) is 4.79 Å². The van der Waals surface area contributed by atoms with Gasteiger partial charge in [0.15, 0.2) is 0 Å². The highest BCUT2D eigenvalue weighted by Crippen LogP contribution is 2.32. The van der Waals surface area contributed by atoms with Gasteiger partial charge in [0.1, 0.15) is 0 Å². The Morgan fingerprint density at radius 1 is 0.912 bits per heavy atom. The van der Waals surface area contributed by atoms with Crippen molar-refractivity contribution in [2.24, 2.45) is 0 Å². The number of alkyl halides is 3. The van der Waals surface area contributed by atoms with Crippen molar-refractivity contribution in [2.75, 3.05) is 23.3 Å². The van der Waals surface area contributed by atoms with E-state index in [0.29, 0.717) is 17.7 Å². The van der Waals surface area contributed by atoms with E-state index in [9.17, 15) is 22.8 Å². The number of hydrogen-bond acceptors (Lipinski definition) is 2. The van der Waals surface area contributed by atoms with Crippen LogP contribution in [0.5, 0.6) is 0 Å². The van der Waals surface area contributed by atoms with E-state index < -0.39 is 23.7 Å². The fourth-order valence-electron chi connectivity index (χ4n) is 3.49. The Hall–Kier alpha value is -3.81. The van der Waals surface area contributed by atoms with E-state index in [2.05, 4.69) is 10.6 Å². The third-order valence-corrected chi connectivity index (χ3v) is 5.23. The number of nitrogens with one attached hydrogen (secondary N) is 2. The summed E-state index contributed by atoms with van der Waals surface area (Å²) >= 11 is 0. The third kappa shape index (κ3) is 6.60. The molecule has 0 heterocycles. The van der Waals surface area contributed by atoms with Crippen LogP contribution in [-0.4, -0.2) is 25.0 Å². The van der Waals surface area contributed by atoms with Gasteiger partial charge in [0.25, 0.3) is 5.91 Å². The van der Waals surface area contributed by atoms with Crippen LogP contribution >= 0.6 is 0 Å². The predicted molar refractivity (Wildman–Crippen MR) is 127 cm³/mol. The lowest BCUT2D eigenvalue weighted by molar-refractivity contribution is -0.137. The number of nitrogens with zero attached hydrogens (tertiary/aromatic N) is 1. The van der Waals surface area contributed by atoms with Crippen LogP contribution in [0.15, 0.2) is 72.8 Å². The van der Waals surface area contributed by atoms with Crippen LogP contribution in [0.2, 0.25) is 0 Å². The van der Waals surface area contributed by atoms with Crippen molar-refractivity contribution in [1.29, 1.82) is 0 Å². The lowest BCUT2D eigenvalue weighted by Gasteiger charge is -2.25. The Balaban J connectivity index is 1.71. The van der Waals surface area contributed by atoms with Gasteiger partial charge in [-0.2, -0.15) is 13.2 Å². The van der Waals surface area contributed by atoms with Crippen LogP contribution in [0.4, 0.5) is 29.3 Å². The minimum absolute atomic E-state index is 0.124. The summed E-state index contributed by atoms with van der Waals surface area (Å²) < 4.78 is 39.8. The zero-order valence-corrected chi connectivity index (χ0v) is 18.9. The summed E-state index contributed by atoms with van der Waals surface area (Å²) in [6.45, 7) is 4.04. The zero-order chi connectivity index (χ0) is 24.7. The van der Waals surface area contributed by atoms with Crippen LogP contribution in [0.25, 0.3) is 0 Å². The SMILES string of the molecule is Cc1cccc(NC(=O)NCCCN(C(=O)c2ccccc2C)c2cccc(C(F)(F)F)c2)c1. The van der Waals surface area contributed by atoms with E-state index in [1.807, 2.05) is 25.1 Å². The molecule has 2 N–H and O–H groups in total. The fraction of sp³-hybridized carbons (Fsp3) is 0.231. The summed E-state index contributed by atoms with van der Waals surface area (Å²) in [6.07, 6.45) is -4.18. The molecular weight excluding hydrogens is 443 g/mol. The molecule has 0 aliphatic heterocycles. The minimum Gasteiger partial charge on any atom is -0.338 e. The molecule has 0 spiro atoms. The molecule has 3 amide bonds. The zero-order valence-electron chi connectivity index (χ0n) is 18.9. The molecule has 0 aromatic heterocycles. The second-order valence-corrected chi connectivity index (χ2v) is 7.92. The second-order valence-electron chi connectivity index (χ2n) is 7.92. The van der Waals surface area contributed by atoms with Crippen molar-refractivity contribution in [3.8, 4) is 0 Å². The Labute approximate surface area is 196 Å². The van der Waals surface area contributed by atoms with Crippen molar-refractivity contribution < 1.29 is 22.8 Å². The maximum Gasteiger partial charge on any atom is 0.416 e. The van der Waals surface area contributed by atoms with Gasteiger partial charge in [-0.15, -0.1) is 0 Å². The number of urea groups is 1. The molecule has 8 heteroatoms. The number of carbonyl (C=O) groups is 2. The van der Waals surface area contributed by atoms with E-state index in [4.69, 9.17) is 0 Å². The lowest BCUT2D eigenvalue weighted by Crippen LogP contribution is -2.36. The Kier molecular flexibility index (Phi) is 7.94. The molecule has 0 fully saturated rings. The maximum atomic E-state index is 13.3. The van der Waals surface area contributed by atoms with E-state index in [1.54, 1.807) is 37.3 Å². The first-order chi connectivity index (χ1) is 16.1. The average molecular weight is 470 g/mol. The van der Waals surface area contributed by atoms with E-state index >= 15 is 0 Å². The first-order valence-corrected chi connectivity index (χ1v) is 10.8. The second kappa shape index (κ2) is 10.9. The Morgan fingerprint density at radius 2 is 1.65 bits per heavy atom. The molecule has 178 valence electrons. The first-order valence-electron chi connectivity index (χ1n) is 10.8. The van der Waals surface area contributed by atoms with Gasteiger partial charge < -0.3 is 15.5 Å². The monoisotopic (exact) mass is 469 g/mol. The van der Waals surface area contributed by atoms with Gasteiger partial charge in [-0.3, -0.25) is 4.79 Å². The highest BCUT2D eigenvalue weighted by atomic mass is 19.4. The molecule has 0 aliphatic rings. The smallest absolute Gasteiger partial charge is 0.338 e. The van der Waals surface area contributed by atoms with E-state index in [1.165, 1.54) is 17.0 Å². The summed E-state index contributed by atoms with van der Waals surface area (Å²) in [5.41, 5.74) is 2.10. The van der Waals surface area contributed by atoms with Crippen LogP contribution in [0.3, 0.4) is 0 Å². The van der Waals surface area contributed by atoms with E-state index in [-0.39, 0.29) is 18.8 Å². The molecule has 0 radical (unpaired) electrons. The summed E-state index contributed by atoms with van der Waals surface area (Å²) in [6, 6.07) is 18.5. The molecule has 34 heavy (non-hydrogen) atoms. The molecule has 0 unspecified atom stereocenters. The molecular formula is C26H26F3N3O2. The topological polar surface area (TPSA) is 61.4 Å². The van der Waals surface area contributed by atoms with Crippen LogP contribution < -0.4 is 15.5 Å². The number of halogens is 3. The molecule has 3 rings (SSSR count). The van der Waals surface area contributed by atoms with Gasteiger partial charge >= 0.3 is 12.2 Å². The summed E-state index contributed by atoms with van der Waals surface area (Å²) in [5.74, 6) is -0.401. The van der Waals surface area contributed by atoms with Gasteiger partial charge in [-0.1, -0.05) is 36.4 Å². The number of aryl methyl sites for hydroxylation is 2. The number of benzene rings is 3. The van der Waals surface area contributed by atoms with Crippen molar-refractivity contribution >= 4 is 23.3 Å². The molecule has 0 saturated heterocycles. The highest BCUT2D eigenvalue weighted by molar-refractivity contribution is 6.07. The summed E-state index contributed by atoms with van der Waals surface area (Å²) in [7, 11) is 0. The third-order valence-electron chi connectivity index (χ3n) is 5.23. The predicted octanol–water partition coefficient (Wildman–Crippen LogP) is 6.18. The number of rotatable bonds is 7. The molecule has 3 aromatic rings. The quantitative estimate of drug-likeness (QED) is 0.406. The molecule has 0 atom stereocenters. The summed E-state index contributed by atoms with van der Waals surface area (Å²) in [4.78, 5) is 26.8. The lowest BCUT2D eigenvalue weighted by atomic mass is 10.1. The molecule has 0 bridgehead atoms. The fourth-order valence-corrected chi connectivity index (χ4v) is 3.49. The molecule has 0 aliphatic carbocycles. The molecule has 3 aromatic carbocycles. The maximum absolute atomic E-state index is 13.3. The van der Waals surface area contributed by atoms with Crippen LogP contribution in [0, 0.1) is 13.8 Å². The Morgan fingerprint density at radius 3 is 2.35 bits per heavy atom. The first kappa shape index (κ1) is 24.8. The largest absolute Gasteiger partial charge is 0.416 e. The van der Waals surface area contributed by atoms with Gasteiger partial charge in [0.05, 0.1) is 5.56 Å². The van der Waals surface area contributed by atoms with Crippen molar-refractivity contribution in [3.05, 3.63) is 95.1 Å². The van der Waals surface area contributed by atoms with Gasteiger partial charge in [-0.05, 0) is 67.8 Å². The Bertz CT molecular complexity index is 1160. The highest BCUT2D eigenvalue weighted by Gasteiger charge is 2.31. The number of anilines is 2. The number of amides is 3. The van der Waals surface area contributed by atoms with Crippen molar-refractivity contribution in [3.63, 3.8) is 0 Å². The van der Waals surface area contributed by atoms with E-state index in [0.717, 1.165) is 23.3 Å². The number of hydrogen-bond donors (Lipinski definition) is 2. The molecule has 0 saturated carbocycles. The molecule has 5 nitrogen and oxygen atoms in total.